The zero-order valence-electron chi connectivity index (χ0n) is 17.4. The van der Waals surface area contributed by atoms with Crippen LogP contribution in [-0.4, -0.2) is 33.2 Å². The average molecular weight is 492 g/mol. The molecule has 0 heterocycles. The monoisotopic (exact) mass is 491 g/mol. The lowest BCUT2D eigenvalue weighted by atomic mass is 10.2. The number of para-hydroxylation sites is 1. The van der Waals surface area contributed by atoms with E-state index in [2.05, 4.69) is 5.32 Å². The van der Waals surface area contributed by atoms with E-state index in [4.69, 9.17) is 21.1 Å². The zero-order chi connectivity index (χ0) is 24.0. The van der Waals surface area contributed by atoms with E-state index in [1.54, 1.807) is 30.3 Å². The van der Waals surface area contributed by atoms with Crippen molar-refractivity contribution in [2.75, 3.05) is 18.2 Å². The molecular formula is C23H19ClFNO6S. The van der Waals surface area contributed by atoms with Crippen LogP contribution in [0.4, 0.5) is 10.1 Å². The highest BCUT2D eigenvalue weighted by molar-refractivity contribution is 7.90. The van der Waals surface area contributed by atoms with E-state index >= 15 is 0 Å². The molecule has 7 nitrogen and oxygen atoms in total. The molecule has 0 unspecified atom stereocenters. The number of carbonyl (C=O) groups excluding carboxylic acids is 2. The molecule has 1 N–H and O–H groups in total. The number of esters is 1. The number of benzene rings is 3. The average Bonchev–Trinajstić information content (AvgIpc) is 2.78. The summed E-state index contributed by atoms with van der Waals surface area (Å²) >= 11 is 6.01. The van der Waals surface area contributed by atoms with Crippen LogP contribution in [0.25, 0.3) is 0 Å². The Kier molecular flexibility index (Phi) is 7.67. The van der Waals surface area contributed by atoms with E-state index in [0.29, 0.717) is 5.56 Å². The van der Waals surface area contributed by atoms with Crippen LogP contribution in [0.2, 0.25) is 5.02 Å². The summed E-state index contributed by atoms with van der Waals surface area (Å²) in [5.41, 5.74) is 0.875. The first kappa shape index (κ1) is 24.2. The maximum atomic E-state index is 13.0. The van der Waals surface area contributed by atoms with Crippen molar-refractivity contribution in [1.82, 2.24) is 0 Å². The summed E-state index contributed by atoms with van der Waals surface area (Å²) in [6.45, 7) is -0.537. The topological polar surface area (TPSA) is 98.8 Å². The molecule has 0 radical (unpaired) electrons. The molecule has 33 heavy (non-hydrogen) atoms. The Balaban J connectivity index is 1.62. The van der Waals surface area contributed by atoms with Gasteiger partial charge in [-0.15, -0.1) is 0 Å². The van der Waals surface area contributed by atoms with Crippen molar-refractivity contribution in [3.8, 4) is 5.75 Å². The predicted molar refractivity (Wildman–Crippen MR) is 121 cm³/mol. The van der Waals surface area contributed by atoms with Crippen LogP contribution in [0, 0.1) is 5.82 Å². The normalized spacial score (nSPS) is 11.0. The minimum atomic E-state index is -3.50. The smallest absolute Gasteiger partial charge is 0.342 e. The van der Waals surface area contributed by atoms with E-state index in [1.165, 1.54) is 36.4 Å². The maximum Gasteiger partial charge on any atom is 0.342 e. The summed E-state index contributed by atoms with van der Waals surface area (Å²) in [7, 11) is -3.50. The van der Waals surface area contributed by atoms with Crippen molar-refractivity contribution in [3.63, 3.8) is 0 Å². The number of hydrogen-bond donors (Lipinski definition) is 1. The number of ether oxygens (including phenoxy) is 2. The highest BCUT2D eigenvalue weighted by Gasteiger charge is 2.17. The number of halogens is 2. The van der Waals surface area contributed by atoms with Crippen LogP contribution in [0.15, 0.2) is 71.6 Å². The number of hydrogen-bond acceptors (Lipinski definition) is 6. The Hall–Kier alpha value is -3.43. The second-order valence-corrected chi connectivity index (χ2v) is 9.37. The molecule has 0 aliphatic heterocycles. The van der Waals surface area contributed by atoms with E-state index in [-0.39, 0.29) is 39.3 Å². The van der Waals surface area contributed by atoms with Gasteiger partial charge in [0.1, 0.15) is 23.7 Å². The minimum Gasteiger partial charge on any atom is -0.488 e. The summed E-state index contributed by atoms with van der Waals surface area (Å²) in [5.74, 6) is -1.64. The van der Waals surface area contributed by atoms with Gasteiger partial charge in [-0.2, -0.15) is 0 Å². The summed E-state index contributed by atoms with van der Waals surface area (Å²) in [6, 6.07) is 15.9. The van der Waals surface area contributed by atoms with Crippen LogP contribution < -0.4 is 10.1 Å². The molecule has 0 spiro atoms. The third-order valence-corrected chi connectivity index (χ3v) is 5.83. The van der Waals surface area contributed by atoms with Crippen molar-refractivity contribution >= 4 is 39.0 Å². The van der Waals surface area contributed by atoms with E-state index in [9.17, 15) is 22.4 Å². The lowest BCUT2D eigenvalue weighted by molar-refractivity contribution is -0.119. The second-order valence-electron chi connectivity index (χ2n) is 6.95. The number of sulfone groups is 1. The highest BCUT2D eigenvalue weighted by atomic mass is 35.5. The van der Waals surface area contributed by atoms with Crippen LogP contribution in [-0.2, 0) is 26.0 Å². The molecule has 0 aliphatic rings. The molecule has 0 bridgehead atoms. The molecule has 1 amide bonds. The van der Waals surface area contributed by atoms with Gasteiger partial charge in [0.05, 0.1) is 15.6 Å². The Labute approximate surface area is 195 Å². The molecule has 3 aromatic rings. The fourth-order valence-corrected chi connectivity index (χ4v) is 3.54. The van der Waals surface area contributed by atoms with Gasteiger partial charge in [0.25, 0.3) is 5.91 Å². The lowest BCUT2D eigenvalue weighted by Crippen LogP contribution is -2.21. The van der Waals surface area contributed by atoms with Gasteiger partial charge in [-0.1, -0.05) is 35.9 Å². The third kappa shape index (κ3) is 6.77. The number of amides is 1. The fourth-order valence-electron chi connectivity index (χ4n) is 2.73. The van der Waals surface area contributed by atoms with E-state index < -0.39 is 28.3 Å². The SMILES string of the molecule is CS(=O)(=O)c1ccc(Cl)c(NC(=O)COC(=O)c2ccccc2OCc2ccc(F)cc2)c1. The van der Waals surface area contributed by atoms with Gasteiger partial charge >= 0.3 is 5.97 Å². The third-order valence-electron chi connectivity index (χ3n) is 4.39. The highest BCUT2D eigenvalue weighted by Crippen LogP contribution is 2.25. The van der Waals surface area contributed by atoms with Crippen LogP contribution in [0.1, 0.15) is 15.9 Å². The molecule has 0 aromatic heterocycles. The van der Waals surface area contributed by atoms with Gasteiger partial charge in [0.2, 0.25) is 0 Å². The molecular weight excluding hydrogens is 473 g/mol. The molecule has 0 atom stereocenters. The first-order valence-corrected chi connectivity index (χ1v) is 11.8. The quantitative estimate of drug-likeness (QED) is 0.473. The van der Waals surface area contributed by atoms with E-state index in [1.807, 2.05) is 0 Å². The van der Waals surface area contributed by atoms with Crippen molar-refractivity contribution in [1.29, 1.82) is 0 Å². The number of nitrogens with one attached hydrogen (secondary N) is 1. The van der Waals surface area contributed by atoms with Crippen LogP contribution >= 0.6 is 11.6 Å². The fraction of sp³-hybridized carbons (Fsp3) is 0.130. The second kappa shape index (κ2) is 10.5. The van der Waals surface area contributed by atoms with Gasteiger partial charge < -0.3 is 14.8 Å². The maximum absolute atomic E-state index is 13.0. The first-order chi connectivity index (χ1) is 15.6. The Morgan fingerprint density at radius 1 is 1.03 bits per heavy atom. The summed E-state index contributed by atoms with van der Waals surface area (Å²) in [5, 5.41) is 2.55. The zero-order valence-corrected chi connectivity index (χ0v) is 19.0. The largest absolute Gasteiger partial charge is 0.488 e. The van der Waals surface area contributed by atoms with Gasteiger partial charge in [-0.25, -0.2) is 17.6 Å². The molecule has 0 saturated heterocycles. The molecule has 0 aliphatic carbocycles. The lowest BCUT2D eigenvalue weighted by Gasteiger charge is -2.12. The Morgan fingerprint density at radius 3 is 2.42 bits per heavy atom. The molecule has 0 fully saturated rings. The van der Waals surface area contributed by atoms with Gasteiger partial charge in [-0.3, -0.25) is 4.79 Å². The Bertz CT molecular complexity index is 1280. The van der Waals surface area contributed by atoms with Crippen molar-refractivity contribution in [2.45, 2.75) is 11.5 Å². The van der Waals surface area contributed by atoms with Gasteiger partial charge in [0.15, 0.2) is 16.4 Å². The van der Waals surface area contributed by atoms with Crippen molar-refractivity contribution < 1.29 is 31.9 Å². The Morgan fingerprint density at radius 2 is 1.73 bits per heavy atom. The van der Waals surface area contributed by atoms with Gasteiger partial charge in [0, 0.05) is 6.26 Å². The minimum absolute atomic E-state index is 0.0218. The molecule has 10 heteroatoms. The van der Waals surface area contributed by atoms with Crippen molar-refractivity contribution in [3.05, 3.63) is 88.7 Å². The summed E-state index contributed by atoms with van der Waals surface area (Å²) in [6.07, 6.45) is 1.03. The first-order valence-electron chi connectivity index (χ1n) is 9.56. The number of carbonyl (C=O) groups is 2. The molecule has 3 rings (SSSR count). The molecule has 3 aromatic carbocycles. The number of anilines is 1. The molecule has 172 valence electrons. The number of rotatable bonds is 8. The van der Waals surface area contributed by atoms with Crippen molar-refractivity contribution in [2.24, 2.45) is 0 Å². The summed E-state index contributed by atoms with van der Waals surface area (Å²) in [4.78, 5) is 24.7. The van der Waals surface area contributed by atoms with Gasteiger partial charge in [-0.05, 0) is 48.0 Å². The predicted octanol–water partition coefficient (Wildman–Crippen LogP) is 4.26. The van der Waals surface area contributed by atoms with E-state index in [0.717, 1.165) is 6.26 Å². The van der Waals surface area contributed by atoms with Crippen LogP contribution in [0.3, 0.4) is 0 Å². The summed E-state index contributed by atoms with van der Waals surface area (Å²) < 4.78 is 47.1. The standard InChI is InChI=1S/C23H19ClFNO6S/c1-33(29,30)17-10-11-19(24)20(12-17)26-22(27)14-32-23(28)18-4-2-3-5-21(18)31-13-15-6-8-16(25)9-7-15/h2-12H,13-14H2,1H3,(H,26,27). The molecule has 0 saturated carbocycles. The van der Waals surface area contributed by atoms with Crippen LogP contribution in [0.5, 0.6) is 5.75 Å².